The number of hydrogen-bond donors (Lipinski definition) is 1. The first-order valence-corrected chi connectivity index (χ1v) is 11.7. The fourth-order valence-electron chi connectivity index (χ4n) is 2.68. The Labute approximate surface area is 194 Å². The topological polar surface area (TPSA) is 190 Å². The maximum Gasteiger partial charge on any atom is 0.466 e. The Bertz CT molecular complexity index is 872. The molecule has 1 aliphatic heterocycles. The first-order chi connectivity index (χ1) is 15.2. The van der Waals surface area contributed by atoms with Gasteiger partial charge in [-0.2, -0.15) is 8.42 Å². The lowest BCUT2D eigenvalue weighted by Gasteiger charge is -2.44. The zero-order chi connectivity index (χ0) is 25.3. The molecule has 0 aromatic heterocycles. The van der Waals surface area contributed by atoms with Crippen molar-refractivity contribution < 1.29 is 60.1 Å². The van der Waals surface area contributed by atoms with Crippen LogP contribution in [0.5, 0.6) is 0 Å². The van der Waals surface area contributed by atoms with Gasteiger partial charge in [0.1, 0.15) is 23.2 Å². The fraction of sp³-hybridized carbons (Fsp3) is 0.706. The number of esters is 4. The minimum Gasteiger partial charge on any atom is -0.463 e. The van der Waals surface area contributed by atoms with E-state index in [1.807, 2.05) is 0 Å². The molecule has 14 nitrogen and oxygen atoms in total. The molecule has 1 fully saturated rings. The van der Waals surface area contributed by atoms with Gasteiger partial charge in [0.25, 0.3) is 0 Å². The van der Waals surface area contributed by atoms with Crippen molar-refractivity contribution in [3.63, 3.8) is 0 Å². The van der Waals surface area contributed by atoms with Crippen molar-refractivity contribution in [3.05, 3.63) is 0 Å². The molecular formula is C17H25NO13S2. The van der Waals surface area contributed by atoms with Gasteiger partial charge in [-0.25, -0.2) is 4.28 Å². The van der Waals surface area contributed by atoms with Crippen molar-refractivity contribution in [2.45, 2.75) is 70.9 Å². The van der Waals surface area contributed by atoms with Crippen LogP contribution in [0.4, 0.5) is 0 Å². The minimum absolute atomic E-state index is 0.0199. The summed E-state index contributed by atoms with van der Waals surface area (Å²) in [7, 11) is -4.89. The van der Waals surface area contributed by atoms with Gasteiger partial charge in [-0.1, -0.05) is 23.8 Å². The number of ether oxygens (including phenoxy) is 5. The van der Waals surface area contributed by atoms with Crippen LogP contribution in [0.2, 0.25) is 0 Å². The van der Waals surface area contributed by atoms with Gasteiger partial charge in [-0.05, 0) is 6.42 Å². The van der Waals surface area contributed by atoms with Gasteiger partial charge in [0.05, 0.1) is 0 Å². The van der Waals surface area contributed by atoms with Crippen molar-refractivity contribution in [1.29, 1.82) is 0 Å². The zero-order valence-corrected chi connectivity index (χ0v) is 20.0. The zero-order valence-electron chi connectivity index (χ0n) is 18.4. The van der Waals surface area contributed by atoms with Crippen LogP contribution in [-0.2, 0) is 57.5 Å². The van der Waals surface area contributed by atoms with Gasteiger partial charge < -0.3 is 23.7 Å². The van der Waals surface area contributed by atoms with Gasteiger partial charge in [-0.15, -0.1) is 0 Å². The van der Waals surface area contributed by atoms with Crippen molar-refractivity contribution in [2.75, 3.05) is 6.61 Å². The molecule has 5 atom stereocenters. The normalized spacial score (nSPS) is 25.5. The van der Waals surface area contributed by atoms with Gasteiger partial charge in [0, 0.05) is 27.7 Å². The highest BCUT2D eigenvalue weighted by Crippen LogP contribution is 2.35. The second-order valence-corrected chi connectivity index (χ2v) is 8.70. The van der Waals surface area contributed by atoms with E-state index < -0.39 is 70.7 Å². The van der Waals surface area contributed by atoms with Crippen LogP contribution in [0.1, 0.15) is 41.0 Å². The first kappa shape index (κ1) is 28.6. The molecule has 188 valence electrons. The number of thioether (sulfide) groups is 1. The van der Waals surface area contributed by atoms with Crippen LogP contribution in [-0.4, -0.2) is 78.4 Å². The molecule has 0 spiro atoms. The third kappa shape index (κ3) is 10.4. The summed E-state index contributed by atoms with van der Waals surface area (Å²) in [5.74, 6) is -3.05. The lowest BCUT2D eigenvalue weighted by Crippen LogP contribution is -2.61. The van der Waals surface area contributed by atoms with Gasteiger partial charge >= 0.3 is 34.3 Å². The Kier molecular flexibility index (Phi) is 11.0. The van der Waals surface area contributed by atoms with Gasteiger partial charge in [0.2, 0.25) is 0 Å². The van der Waals surface area contributed by atoms with Crippen LogP contribution >= 0.6 is 11.8 Å². The average Bonchev–Trinajstić information content (AvgIpc) is 2.66. The Balaban J connectivity index is 3.42. The summed E-state index contributed by atoms with van der Waals surface area (Å²) in [6.07, 6.45) is -5.16. The van der Waals surface area contributed by atoms with E-state index in [0.717, 1.165) is 39.5 Å². The summed E-state index contributed by atoms with van der Waals surface area (Å²) in [6, 6.07) is 0. The minimum atomic E-state index is -4.89. The van der Waals surface area contributed by atoms with E-state index in [1.165, 1.54) is 0 Å². The van der Waals surface area contributed by atoms with E-state index in [0.29, 0.717) is 0 Å². The Morgan fingerprint density at radius 2 is 1.42 bits per heavy atom. The summed E-state index contributed by atoms with van der Waals surface area (Å²) in [6.45, 7) is 5.53. The van der Waals surface area contributed by atoms with E-state index in [1.54, 1.807) is 6.92 Å². The highest BCUT2D eigenvalue weighted by Gasteiger charge is 2.52. The van der Waals surface area contributed by atoms with Crippen LogP contribution in [0.25, 0.3) is 0 Å². The summed E-state index contributed by atoms with van der Waals surface area (Å²) in [4.78, 5) is 46.5. The summed E-state index contributed by atoms with van der Waals surface area (Å²) in [5, 5.41) is 3.30. The van der Waals surface area contributed by atoms with Crippen molar-refractivity contribution >= 4 is 51.1 Å². The first-order valence-electron chi connectivity index (χ1n) is 9.43. The lowest BCUT2D eigenvalue weighted by molar-refractivity contribution is -0.237. The number of hydrogen-bond acceptors (Lipinski definition) is 14. The third-order valence-electron chi connectivity index (χ3n) is 3.74. The quantitative estimate of drug-likeness (QED) is 0.110. The molecule has 16 heteroatoms. The molecule has 0 aromatic carbocycles. The number of carbonyl (C=O) groups is 4. The van der Waals surface area contributed by atoms with Crippen molar-refractivity contribution in [3.8, 4) is 0 Å². The molecule has 0 amide bonds. The molecule has 0 unspecified atom stereocenters. The second kappa shape index (κ2) is 12.7. The maximum absolute atomic E-state index is 11.8. The molecule has 0 bridgehead atoms. The summed E-state index contributed by atoms with van der Waals surface area (Å²) < 4.78 is 61.0. The van der Waals surface area contributed by atoms with E-state index in [9.17, 15) is 27.6 Å². The molecule has 0 saturated carbocycles. The van der Waals surface area contributed by atoms with E-state index >= 15 is 0 Å². The standard InChI is InChI=1S/C17H25NO13S2/c1-6-13(18-31-33(23,24)25)32-17-16(29-11(5)22)15(28-10(4)21)14(27-9(3)20)12(30-17)7-26-8(2)19/h12,14-17H,6-7H2,1-5H3,(H,23,24,25)/b18-13-/t12-,14-,15+,16-,17+/m1/s1. The molecule has 1 aliphatic rings. The molecule has 1 saturated heterocycles. The monoisotopic (exact) mass is 515 g/mol. The number of rotatable bonds is 9. The predicted octanol–water partition coefficient (Wildman–Crippen LogP) is 0.346. The van der Waals surface area contributed by atoms with Crippen molar-refractivity contribution in [1.82, 2.24) is 0 Å². The highest BCUT2D eigenvalue weighted by atomic mass is 32.3. The third-order valence-corrected chi connectivity index (χ3v) is 5.25. The van der Waals surface area contributed by atoms with Crippen LogP contribution in [0.15, 0.2) is 5.16 Å². The Hall–Kier alpha value is -2.43. The SMILES string of the molecule is CC/C(=N/OS(=O)(=O)O)S[C@@H]1O[C@H](COC(C)=O)[C@@H](OC(C)=O)[C@H](OC(C)=O)[C@H]1OC(C)=O. The molecule has 1 N–H and O–H groups in total. The van der Waals surface area contributed by atoms with E-state index in [2.05, 4.69) is 9.44 Å². The van der Waals surface area contributed by atoms with Crippen LogP contribution in [0.3, 0.4) is 0 Å². The fourth-order valence-corrected chi connectivity index (χ4v) is 3.97. The molecule has 0 aliphatic carbocycles. The van der Waals surface area contributed by atoms with Gasteiger partial charge in [-0.3, -0.25) is 23.7 Å². The summed E-state index contributed by atoms with van der Waals surface area (Å²) in [5.41, 5.74) is -1.21. The smallest absolute Gasteiger partial charge is 0.463 e. The Morgan fingerprint density at radius 1 is 0.909 bits per heavy atom. The van der Waals surface area contributed by atoms with E-state index in [-0.39, 0.29) is 11.5 Å². The summed E-state index contributed by atoms with van der Waals surface area (Å²) >= 11 is 0.724. The molecule has 1 rings (SSSR count). The van der Waals surface area contributed by atoms with Crippen LogP contribution in [0, 0.1) is 0 Å². The largest absolute Gasteiger partial charge is 0.466 e. The molecule has 0 radical (unpaired) electrons. The average molecular weight is 516 g/mol. The Morgan fingerprint density at radius 3 is 1.88 bits per heavy atom. The number of oxime groups is 1. The molecule has 33 heavy (non-hydrogen) atoms. The number of nitrogens with zero attached hydrogens (tertiary/aromatic N) is 1. The molecule has 0 aromatic rings. The van der Waals surface area contributed by atoms with Crippen LogP contribution < -0.4 is 0 Å². The second-order valence-electron chi connectivity index (χ2n) is 6.53. The molecular weight excluding hydrogens is 490 g/mol. The molecule has 1 heterocycles. The maximum atomic E-state index is 11.8. The van der Waals surface area contributed by atoms with E-state index in [4.69, 9.17) is 28.2 Å². The van der Waals surface area contributed by atoms with Gasteiger partial charge in [0.15, 0.2) is 18.3 Å². The van der Waals surface area contributed by atoms with Crippen molar-refractivity contribution in [2.24, 2.45) is 5.16 Å². The highest BCUT2D eigenvalue weighted by molar-refractivity contribution is 8.14. The lowest BCUT2D eigenvalue weighted by atomic mass is 9.99. The predicted molar refractivity (Wildman–Crippen MR) is 110 cm³/mol. The number of carbonyl (C=O) groups excluding carboxylic acids is 4.